The van der Waals surface area contributed by atoms with Crippen molar-refractivity contribution in [2.75, 3.05) is 12.5 Å². The van der Waals surface area contributed by atoms with Crippen molar-refractivity contribution < 1.29 is 9.84 Å². The number of halogens is 2. The lowest BCUT2D eigenvalue weighted by molar-refractivity contribution is 0.373. The largest absolute Gasteiger partial charge is 0.504 e. The molecule has 110 valence electrons. The van der Waals surface area contributed by atoms with Crippen LogP contribution in [-0.2, 0) is 0 Å². The molecule has 9 heteroatoms. The molecule has 0 fully saturated rings. The van der Waals surface area contributed by atoms with Gasteiger partial charge in [0.15, 0.2) is 11.5 Å². The maximum absolute atomic E-state index is 11.2. The van der Waals surface area contributed by atoms with Crippen LogP contribution >= 0.6 is 27.5 Å². The minimum absolute atomic E-state index is 0.0157. The van der Waals surface area contributed by atoms with E-state index < -0.39 is 5.56 Å². The van der Waals surface area contributed by atoms with Gasteiger partial charge >= 0.3 is 0 Å². The molecule has 0 unspecified atom stereocenters. The van der Waals surface area contributed by atoms with Gasteiger partial charge in [0.25, 0.3) is 5.56 Å². The zero-order chi connectivity index (χ0) is 15.4. The molecule has 0 radical (unpaired) electrons. The Morgan fingerprint density at radius 2 is 2.33 bits per heavy atom. The van der Waals surface area contributed by atoms with E-state index in [1.165, 1.54) is 25.6 Å². The van der Waals surface area contributed by atoms with Gasteiger partial charge in [-0.2, -0.15) is 10.2 Å². The van der Waals surface area contributed by atoms with Crippen molar-refractivity contribution in [3.05, 3.63) is 43.7 Å². The maximum atomic E-state index is 11.2. The van der Waals surface area contributed by atoms with Gasteiger partial charge in [-0.15, -0.1) is 0 Å². The van der Waals surface area contributed by atoms with Gasteiger partial charge in [-0.25, -0.2) is 5.10 Å². The van der Waals surface area contributed by atoms with Crippen LogP contribution in [-0.4, -0.2) is 28.6 Å². The molecule has 0 aliphatic carbocycles. The number of phenols is 1. The fourth-order valence-corrected chi connectivity index (χ4v) is 2.01. The van der Waals surface area contributed by atoms with Crippen LogP contribution in [0.25, 0.3) is 0 Å². The summed E-state index contributed by atoms with van der Waals surface area (Å²) in [5, 5.41) is 19.4. The lowest BCUT2D eigenvalue weighted by Gasteiger charge is -2.06. The normalized spacial score (nSPS) is 10.8. The molecule has 2 aromatic rings. The number of nitrogens with one attached hydrogen (secondary N) is 2. The highest BCUT2D eigenvalue weighted by Gasteiger charge is 2.07. The number of hydrogen-bond donors (Lipinski definition) is 3. The van der Waals surface area contributed by atoms with Crippen LogP contribution in [0.5, 0.6) is 11.5 Å². The summed E-state index contributed by atoms with van der Waals surface area (Å²) >= 11 is 9.12. The number of hydrogen-bond acceptors (Lipinski definition) is 6. The molecular formula is C12H10BrClN4O3. The van der Waals surface area contributed by atoms with Gasteiger partial charge in [0, 0.05) is 10.0 Å². The molecule has 0 amide bonds. The van der Waals surface area contributed by atoms with Gasteiger partial charge in [-0.1, -0.05) is 11.6 Å². The van der Waals surface area contributed by atoms with Crippen LogP contribution in [0.3, 0.4) is 0 Å². The van der Waals surface area contributed by atoms with Crippen LogP contribution in [0.15, 0.2) is 32.7 Å². The Bertz CT molecular complexity index is 748. The first-order valence-corrected chi connectivity index (χ1v) is 6.78. The number of nitrogens with zero attached hydrogens (tertiary/aromatic N) is 2. The molecule has 7 nitrogen and oxygen atoms in total. The number of phenolic OH excluding ortho intramolecular Hbond substituents is 1. The molecule has 1 aromatic carbocycles. The molecule has 1 heterocycles. The van der Waals surface area contributed by atoms with E-state index in [0.717, 1.165) is 0 Å². The van der Waals surface area contributed by atoms with E-state index in [1.54, 1.807) is 6.07 Å². The van der Waals surface area contributed by atoms with E-state index in [9.17, 15) is 9.90 Å². The number of anilines is 1. The topological polar surface area (TPSA) is 99.6 Å². The minimum Gasteiger partial charge on any atom is -0.504 e. The van der Waals surface area contributed by atoms with Crippen LogP contribution in [0.1, 0.15) is 5.56 Å². The molecule has 0 bridgehead atoms. The monoisotopic (exact) mass is 372 g/mol. The molecule has 2 rings (SSSR count). The summed E-state index contributed by atoms with van der Waals surface area (Å²) in [5.74, 6) is 0.326. The number of hydrazone groups is 1. The summed E-state index contributed by atoms with van der Waals surface area (Å²) in [7, 11) is 1.46. The fourth-order valence-electron chi connectivity index (χ4n) is 1.45. The first-order valence-electron chi connectivity index (χ1n) is 5.61. The zero-order valence-electron chi connectivity index (χ0n) is 10.7. The summed E-state index contributed by atoms with van der Waals surface area (Å²) in [6.45, 7) is 0. The maximum Gasteiger partial charge on any atom is 0.285 e. The Morgan fingerprint density at radius 1 is 1.57 bits per heavy atom. The summed E-state index contributed by atoms with van der Waals surface area (Å²) in [6, 6.07) is 3.09. The minimum atomic E-state index is -0.514. The predicted octanol–water partition coefficient (Wildman–Crippen LogP) is 2.35. The summed E-state index contributed by atoms with van der Waals surface area (Å²) in [4.78, 5) is 11.2. The third-order valence-electron chi connectivity index (χ3n) is 2.48. The lowest BCUT2D eigenvalue weighted by Crippen LogP contribution is -2.10. The summed E-state index contributed by atoms with van der Waals surface area (Å²) < 4.78 is 5.66. The molecule has 3 N–H and O–H groups in total. The zero-order valence-corrected chi connectivity index (χ0v) is 13.1. The highest BCUT2D eigenvalue weighted by Crippen LogP contribution is 2.31. The molecule has 0 spiro atoms. The van der Waals surface area contributed by atoms with Crippen molar-refractivity contribution in [3.63, 3.8) is 0 Å². The molecule has 1 aromatic heterocycles. The smallest absolute Gasteiger partial charge is 0.285 e. The highest BCUT2D eigenvalue weighted by atomic mass is 79.9. The van der Waals surface area contributed by atoms with Crippen molar-refractivity contribution in [1.82, 2.24) is 10.2 Å². The highest BCUT2D eigenvalue weighted by molar-refractivity contribution is 9.10. The molecule has 0 aliphatic rings. The van der Waals surface area contributed by atoms with E-state index in [0.29, 0.717) is 15.8 Å². The van der Waals surface area contributed by atoms with E-state index in [2.05, 4.69) is 36.7 Å². The van der Waals surface area contributed by atoms with Crippen LogP contribution in [0.4, 0.5) is 5.69 Å². The Kier molecular flexibility index (Phi) is 4.81. The quantitative estimate of drug-likeness (QED) is 0.564. The Balaban J connectivity index is 2.20. The predicted molar refractivity (Wildman–Crippen MR) is 83.4 cm³/mol. The van der Waals surface area contributed by atoms with Crippen LogP contribution in [0, 0.1) is 0 Å². The van der Waals surface area contributed by atoms with Crippen molar-refractivity contribution in [1.29, 1.82) is 0 Å². The second-order valence-corrected chi connectivity index (χ2v) is 5.07. The van der Waals surface area contributed by atoms with Gasteiger partial charge in [0.05, 0.1) is 19.5 Å². The van der Waals surface area contributed by atoms with Crippen molar-refractivity contribution >= 4 is 39.4 Å². The van der Waals surface area contributed by atoms with Crippen molar-refractivity contribution in [2.45, 2.75) is 0 Å². The molecule has 21 heavy (non-hydrogen) atoms. The molecule has 0 saturated carbocycles. The first kappa shape index (κ1) is 15.3. The third-order valence-corrected chi connectivity index (χ3v) is 3.54. The van der Waals surface area contributed by atoms with E-state index in [1.807, 2.05) is 0 Å². The number of methoxy groups -OCH3 is 1. The number of aromatic nitrogens is 2. The third kappa shape index (κ3) is 3.53. The SMILES string of the molecule is COc1cc(Br)c(/C=N\Nc2cn[nH]c(=O)c2Cl)cc1O. The number of H-pyrrole nitrogens is 1. The Hall–Kier alpha value is -2.06. The second-order valence-electron chi connectivity index (χ2n) is 3.84. The number of rotatable bonds is 4. The first-order chi connectivity index (χ1) is 10.0. The standard InChI is InChI=1S/C12H10BrClN4O3/c1-21-10-3-7(13)6(2-9(10)19)4-15-17-8-5-16-18-12(20)11(8)14/h2-5,19H,1H3,(H2,17,18,20)/b15-4-. The van der Waals surface area contributed by atoms with Gasteiger partial charge in [0.1, 0.15) is 10.7 Å². The lowest BCUT2D eigenvalue weighted by atomic mass is 10.2. The van der Waals surface area contributed by atoms with Gasteiger partial charge in [-0.3, -0.25) is 10.2 Å². The van der Waals surface area contributed by atoms with E-state index >= 15 is 0 Å². The molecule has 0 saturated heterocycles. The van der Waals surface area contributed by atoms with Gasteiger partial charge in [-0.05, 0) is 28.1 Å². The number of aromatic hydroxyl groups is 1. The van der Waals surface area contributed by atoms with Crippen molar-refractivity contribution in [3.8, 4) is 11.5 Å². The fraction of sp³-hybridized carbons (Fsp3) is 0.0833. The average Bonchev–Trinajstić information content (AvgIpc) is 2.46. The number of aromatic amines is 1. The molecule has 0 aliphatic heterocycles. The Morgan fingerprint density at radius 3 is 3.05 bits per heavy atom. The van der Waals surface area contributed by atoms with Gasteiger partial charge < -0.3 is 9.84 Å². The van der Waals surface area contributed by atoms with E-state index in [4.69, 9.17) is 16.3 Å². The molecular weight excluding hydrogens is 364 g/mol. The Labute approximate surface area is 132 Å². The summed E-state index contributed by atoms with van der Waals surface area (Å²) in [6.07, 6.45) is 2.78. The second kappa shape index (κ2) is 6.59. The average molecular weight is 374 g/mol. The number of ether oxygens (including phenoxy) is 1. The van der Waals surface area contributed by atoms with Crippen LogP contribution < -0.4 is 15.7 Å². The van der Waals surface area contributed by atoms with E-state index in [-0.39, 0.29) is 16.5 Å². The number of benzene rings is 1. The summed E-state index contributed by atoms with van der Waals surface area (Å²) in [5.41, 5.74) is 2.96. The van der Waals surface area contributed by atoms with Gasteiger partial charge in [0.2, 0.25) is 0 Å². The molecule has 0 atom stereocenters. The van der Waals surface area contributed by atoms with Crippen molar-refractivity contribution in [2.24, 2.45) is 5.10 Å². The van der Waals surface area contributed by atoms with Crippen LogP contribution in [0.2, 0.25) is 5.02 Å².